The molecule has 0 amide bonds. The van der Waals surface area contributed by atoms with Crippen molar-refractivity contribution in [3.63, 3.8) is 0 Å². The second-order valence-corrected chi connectivity index (χ2v) is 9.63. The van der Waals surface area contributed by atoms with Gasteiger partial charge < -0.3 is 0 Å². The Bertz CT molecular complexity index is 266. The molecule has 0 radical (unpaired) electrons. The van der Waals surface area contributed by atoms with Crippen LogP contribution in [0.15, 0.2) is 0 Å². The van der Waals surface area contributed by atoms with Gasteiger partial charge in [0.05, 0.1) is 0 Å². The van der Waals surface area contributed by atoms with Crippen LogP contribution >= 0.6 is 0 Å². The van der Waals surface area contributed by atoms with E-state index in [0.717, 1.165) is 12.8 Å². The molecule has 0 heterocycles. The van der Waals surface area contributed by atoms with Crippen LogP contribution in [0.2, 0.25) is 0 Å². The zero-order chi connectivity index (χ0) is 17.2. The summed E-state index contributed by atoms with van der Waals surface area (Å²) in [6, 6.07) is 0. The van der Waals surface area contributed by atoms with Crippen molar-refractivity contribution in [3.05, 3.63) is 0 Å². The lowest BCUT2D eigenvalue weighted by molar-refractivity contribution is -0.121. The van der Waals surface area contributed by atoms with E-state index in [0.29, 0.717) is 22.5 Å². The largest absolute Gasteiger partial charge is 0.300 e. The maximum Gasteiger partial charge on any atom is 0.132 e. The van der Waals surface area contributed by atoms with E-state index in [-0.39, 0.29) is 0 Å². The van der Waals surface area contributed by atoms with E-state index in [9.17, 15) is 4.79 Å². The van der Waals surface area contributed by atoms with Crippen molar-refractivity contribution in [2.45, 2.75) is 113 Å². The number of carbonyl (C=O) groups is 1. The Kier molecular flexibility index (Phi) is 10.3. The molecule has 0 saturated carbocycles. The average molecular weight is 311 g/mol. The minimum Gasteiger partial charge on any atom is -0.300 e. The second kappa shape index (κ2) is 10.4. The topological polar surface area (TPSA) is 17.1 Å². The Morgan fingerprint density at radius 2 is 1.05 bits per heavy atom. The molecule has 0 aliphatic heterocycles. The molecule has 1 heteroatoms. The third-order valence-corrected chi connectivity index (χ3v) is 4.53. The highest BCUT2D eigenvalue weighted by Crippen LogP contribution is 2.25. The van der Waals surface area contributed by atoms with Crippen molar-refractivity contribution in [3.8, 4) is 0 Å². The Labute approximate surface area is 140 Å². The van der Waals surface area contributed by atoms with Crippen LogP contribution in [0.25, 0.3) is 0 Å². The van der Waals surface area contributed by atoms with Gasteiger partial charge in [0.2, 0.25) is 0 Å². The van der Waals surface area contributed by atoms with Crippen LogP contribution in [0.5, 0.6) is 0 Å². The van der Waals surface area contributed by atoms with Gasteiger partial charge in [0, 0.05) is 5.92 Å². The average Bonchev–Trinajstić information content (AvgIpc) is 2.32. The van der Waals surface area contributed by atoms with Crippen LogP contribution in [0.3, 0.4) is 0 Å². The smallest absolute Gasteiger partial charge is 0.132 e. The predicted molar refractivity (Wildman–Crippen MR) is 99.3 cm³/mol. The molecule has 1 nitrogen and oxygen atoms in total. The molecule has 22 heavy (non-hydrogen) atoms. The molecule has 0 aromatic heterocycles. The molecule has 0 rings (SSSR count). The minimum atomic E-state index is 0.323. The van der Waals surface area contributed by atoms with Crippen molar-refractivity contribution < 1.29 is 4.79 Å². The molecular formula is C21H42O. The first-order valence-corrected chi connectivity index (χ1v) is 9.52. The van der Waals surface area contributed by atoms with Crippen LogP contribution in [0, 0.1) is 16.7 Å². The molecule has 0 bridgehead atoms. The lowest BCUT2D eigenvalue weighted by atomic mass is 9.87. The molecule has 132 valence electrons. The van der Waals surface area contributed by atoms with Gasteiger partial charge in [0.25, 0.3) is 0 Å². The van der Waals surface area contributed by atoms with Gasteiger partial charge >= 0.3 is 0 Å². The van der Waals surface area contributed by atoms with E-state index in [4.69, 9.17) is 0 Å². The SMILES string of the molecule is CC(=O)C(CCCCCC(C)(C)C)CCCCCC(C)(C)C. The van der Waals surface area contributed by atoms with E-state index in [1.807, 2.05) is 0 Å². The predicted octanol–water partition coefficient (Wildman–Crippen LogP) is 7.18. The van der Waals surface area contributed by atoms with Gasteiger partial charge in [-0.1, -0.05) is 80.1 Å². The maximum atomic E-state index is 11.8. The van der Waals surface area contributed by atoms with Gasteiger partial charge in [-0.2, -0.15) is 0 Å². The molecule has 0 aliphatic carbocycles. The van der Waals surface area contributed by atoms with Gasteiger partial charge in [0.15, 0.2) is 0 Å². The number of hydrogen-bond acceptors (Lipinski definition) is 1. The Balaban J connectivity index is 3.77. The Hall–Kier alpha value is -0.330. The molecule has 0 fully saturated rings. The lowest BCUT2D eigenvalue weighted by Crippen LogP contribution is -2.11. The zero-order valence-electron chi connectivity index (χ0n) is 16.6. The van der Waals surface area contributed by atoms with Crippen LogP contribution in [-0.2, 0) is 4.79 Å². The summed E-state index contributed by atoms with van der Waals surface area (Å²) in [6.45, 7) is 15.6. The summed E-state index contributed by atoms with van der Waals surface area (Å²) in [7, 11) is 0. The van der Waals surface area contributed by atoms with E-state index < -0.39 is 0 Å². The highest BCUT2D eigenvalue weighted by molar-refractivity contribution is 5.78. The van der Waals surface area contributed by atoms with Crippen LogP contribution in [-0.4, -0.2) is 5.78 Å². The van der Waals surface area contributed by atoms with E-state index in [1.54, 1.807) is 6.92 Å². The summed E-state index contributed by atoms with van der Waals surface area (Å²) < 4.78 is 0. The molecular weight excluding hydrogens is 268 g/mol. The first-order chi connectivity index (χ1) is 10.0. The summed E-state index contributed by atoms with van der Waals surface area (Å²) in [5.74, 6) is 0.732. The Morgan fingerprint density at radius 3 is 1.32 bits per heavy atom. The van der Waals surface area contributed by atoms with Crippen molar-refractivity contribution >= 4 is 5.78 Å². The molecule has 0 spiro atoms. The third-order valence-electron chi connectivity index (χ3n) is 4.53. The van der Waals surface area contributed by atoms with Crippen molar-refractivity contribution in [2.24, 2.45) is 16.7 Å². The van der Waals surface area contributed by atoms with Crippen molar-refractivity contribution in [1.82, 2.24) is 0 Å². The van der Waals surface area contributed by atoms with Gasteiger partial charge in [-0.25, -0.2) is 0 Å². The fourth-order valence-electron chi connectivity index (χ4n) is 3.00. The summed E-state index contributed by atoms with van der Waals surface area (Å²) in [5, 5.41) is 0. The summed E-state index contributed by atoms with van der Waals surface area (Å²) >= 11 is 0. The molecule has 0 aromatic carbocycles. The number of rotatable bonds is 11. The summed E-state index contributed by atoms with van der Waals surface area (Å²) in [6.07, 6.45) is 12.4. The van der Waals surface area contributed by atoms with Gasteiger partial charge in [-0.05, 0) is 43.4 Å². The Morgan fingerprint density at radius 1 is 0.682 bits per heavy atom. The first-order valence-electron chi connectivity index (χ1n) is 9.52. The normalized spacial score (nSPS) is 12.9. The van der Waals surface area contributed by atoms with Crippen LogP contribution in [0.4, 0.5) is 0 Å². The van der Waals surface area contributed by atoms with Gasteiger partial charge in [-0.3, -0.25) is 4.79 Å². The quantitative estimate of drug-likeness (QED) is 0.369. The number of unbranched alkanes of at least 4 members (excludes halogenated alkanes) is 4. The minimum absolute atomic E-state index is 0.323. The molecule has 0 saturated heterocycles. The van der Waals surface area contributed by atoms with Crippen LogP contribution < -0.4 is 0 Å². The summed E-state index contributed by atoms with van der Waals surface area (Å²) in [4.78, 5) is 11.8. The number of ketones is 1. The zero-order valence-corrected chi connectivity index (χ0v) is 16.6. The highest BCUT2D eigenvalue weighted by atomic mass is 16.1. The van der Waals surface area contributed by atoms with E-state index in [2.05, 4.69) is 41.5 Å². The molecule has 0 unspecified atom stereocenters. The fourth-order valence-corrected chi connectivity index (χ4v) is 3.00. The first kappa shape index (κ1) is 21.7. The molecule has 0 N–H and O–H groups in total. The number of hydrogen-bond donors (Lipinski definition) is 0. The second-order valence-electron chi connectivity index (χ2n) is 9.63. The van der Waals surface area contributed by atoms with Crippen molar-refractivity contribution in [2.75, 3.05) is 0 Å². The molecule has 0 atom stereocenters. The number of carbonyl (C=O) groups excluding carboxylic acids is 1. The monoisotopic (exact) mass is 310 g/mol. The van der Waals surface area contributed by atoms with Crippen LogP contribution in [0.1, 0.15) is 113 Å². The highest BCUT2D eigenvalue weighted by Gasteiger charge is 2.15. The van der Waals surface area contributed by atoms with E-state index >= 15 is 0 Å². The molecule has 0 aliphatic rings. The summed E-state index contributed by atoms with van der Waals surface area (Å²) in [5.41, 5.74) is 0.903. The van der Waals surface area contributed by atoms with Gasteiger partial charge in [-0.15, -0.1) is 0 Å². The van der Waals surface area contributed by atoms with E-state index in [1.165, 1.54) is 51.4 Å². The number of Topliss-reactive ketones (excluding diaryl/α,β-unsaturated/α-hetero) is 1. The lowest BCUT2D eigenvalue weighted by Gasteiger charge is -2.19. The van der Waals surface area contributed by atoms with Gasteiger partial charge in [0.1, 0.15) is 5.78 Å². The maximum absolute atomic E-state index is 11.8. The third kappa shape index (κ3) is 14.6. The standard InChI is InChI=1S/C21H42O/c1-18(22)19(14-10-8-12-16-20(2,3)4)15-11-9-13-17-21(5,6)7/h19H,8-17H2,1-7H3. The molecule has 0 aromatic rings. The van der Waals surface area contributed by atoms with Crippen molar-refractivity contribution in [1.29, 1.82) is 0 Å². The fraction of sp³-hybridized carbons (Fsp3) is 0.952.